The molecular formula is C51H66. The monoisotopic (exact) mass is 679 g/mol. The summed E-state index contributed by atoms with van der Waals surface area (Å²) in [7, 11) is 0. The molecule has 20 unspecified atom stereocenters. The highest BCUT2D eigenvalue weighted by Gasteiger charge is 2.79. The molecule has 16 aliphatic carbocycles. The van der Waals surface area contributed by atoms with Crippen molar-refractivity contribution in [2.45, 2.75) is 96.3 Å². The molecule has 0 aromatic rings. The zero-order valence-corrected chi connectivity index (χ0v) is 31.4. The van der Waals surface area contributed by atoms with Gasteiger partial charge in [-0.1, -0.05) is 48.6 Å². The predicted molar refractivity (Wildman–Crippen MR) is 204 cm³/mol. The van der Waals surface area contributed by atoms with Crippen molar-refractivity contribution in [1.29, 1.82) is 0 Å². The van der Waals surface area contributed by atoms with Crippen LogP contribution in [0.1, 0.15) is 96.3 Å². The molecule has 270 valence electrons. The Morgan fingerprint density at radius 1 is 0.196 bits per heavy atom. The third kappa shape index (κ3) is 3.53. The summed E-state index contributed by atoms with van der Waals surface area (Å²) in [6.45, 7) is 0. The Labute approximate surface area is 309 Å². The van der Waals surface area contributed by atoms with Crippen molar-refractivity contribution < 1.29 is 0 Å². The van der Waals surface area contributed by atoms with E-state index in [2.05, 4.69) is 48.6 Å². The molecule has 12 saturated carbocycles. The smallest absolute Gasteiger partial charge is 0.0194 e. The summed E-state index contributed by atoms with van der Waals surface area (Å²) in [5, 5.41) is 0. The van der Waals surface area contributed by atoms with Gasteiger partial charge in [-0.05, 0) is 262 Å². The summed E-state index contributed by atoms with van der Waals surface area (Å²) in [6, 6.07) is 0. The molecule has 12 fully saturated rings. The Balaban J connectivity index is 0.000000104. The lowest BCUT2D eigenvalue weighted by molar-refractivity contribution is -0.151. The predicted octanol–water partition coefficient (Wildman–Crippen LogP) is 11.5. The molecular weight excluding hydrogens is 613 g/mol. The molecule has 16 aliphatic rings. The van der Waals surface area contributed by atoms with E-state index in [4.69, 9.17) is 0 Å². The number of hydrogen-bond acceptors (Lipinski definition) is 0. The van der Waals surface area contributed by atoms with Crippen LogP contribution in [0.25, 0.3) is 0 Å². The van der Waals surface area contributed by atoms with Gasteiger partial charge < -0.3 is 0 Å². The lowest BCUT2D eigenvalue weighted by atomic mass is 9.42. The van der Waals surface area contributed by atoms with Crippen LogP contribution in [0.3, 0.4) is 0 Å². The van der Waals surface area contributed by atoms with Crippen molar-refractivity contribution in [2.75, 3.05) is 0 Å². The molecule has 0 heteroatoms. The fourth-order valence-corrected chi connectivity index (χ4v) is 22.6. The molecule has 51 heavy (non-hydrogen) atoms. The molecule has 0 aliphatic heterocycles. The summed E-state index contributed by atoms with van der Waals surface area (Å²) < 4.78 is 0. The van der Waals surface area contributed by atoms with Crippen LogP contribution in [0, 0.1) is 166 Å². The van der Waals surface area contributed by atoms with Gasteiger partial charge >= 0.3 is 0 Å². The summed E-state index contributed by atoms with van der Waals surface area (Å²) in [4.78, 5) is 0. The number of rotatable bonds is 0. The van der Waals surface area contributed by atoms with Crippen LogP contribution >= 0.6 is 0 Å². The van der Waals surface area contributed by atoms with Crippen LogP contribution in [-0.2, 0) is 0 Å². The maximum Gasteiger partial charge on any atom is -0.0194 e. The maximum atomic E-state index is 2.65. The fourth-order valence-electron chi connectivity index (χ4n) is 22.6. The van der Waals surface area contributed by atoms with Crippen LogP contribution in [0.5, 0.6) is 0 Å². The van der Waals surface area contributed by atoms with E-state index in [-0.39, 0.29) is 0 Å². The summed E-state index contributed by atoms with van der Waals surface area (Å²) >= 11 is 0. The second kappa shape index (κ2) is 10.0. The first-order chi connectivity index (χ1) is 25.2. The highest BCUT2D eigenvalue weighted by atomic mass is 14.8. The zero-order valence-electron chi connectivity index (χ0n) is 31.4. The quantitative estimate of drug-likeness (QED) is 0.177. The van der Waals surface area contributed by atoms with Gasteiger partial charge in [-0.2, -0.15) is 0 Å². The average Bonchev–Trinajstić information content (AvgIpc) is 4.00. The lowest BCUT2D eigenvalue weighted by Crippen LogP contribution is -2.59. The standard InChI is InChI=1S/C27H38.C24H28/c1-2-17-13-16(1)22-7-8-24-18-3-4-20(14-18)26(24)11-12-27-21-6-5-19(15-21)25(27)10-9-23(17)22;1-2-10-5-9(1)17-13-7-14(18(10)17)22-21(13)23-15-8-16(24(22)23)20-12-4-3-11(6-12)19(15)20/h1-4,16-27H,5-15H2;1-4,9-24H,5-8H2. The zero-order chi connectivity index (χ0) is 32.4. The number of fused-ring (bicyclic) bond motifs is 41. The average molecular weight is 679 g/mol. The molecule has 20 atom stereocenters. The Morgan fingerprint density at radius 3 is 0.804 bits per heavy atom. The summed E-state index contributed by atoms with van der Waals surface area (Å²) in [6.07, 6.45) is 44.9. The van der Waals surface area contributed by atoms with Crippen molar-refractivity contribution in [2.24, 2.45) is 166 Å². The SMILES string of the molecule is C1=CC2CC1C1C3CC(C21)C1C3C2C3CC(C4C5C=CC(C5)C34)C12.C1=CC2CC1C1CCC3C4C=CC(C4)C3CCC3C4CCC(C4)C3CCC21. The van der Waals surface area contributed by atoms with Crippen LogP contribution < -0.4 is 0 Å². The van der Waals surface area contributed by atoms with Gasteiger partial charge in [0.1, 0.15) is 0 Å². The molecule has 14 bridgehead atoms. The van der Waals surface area contributed by atoms with E-state index in [0.29, 0.717) is 0 Å². The molecule has 0 aromatic heterocycles. The summed E-state index contributed by atoms with van der Waals surface area (Å²) in [5.41, 5.74) is 0. The van der Waals surface area contributed by atoms with Crippen LogP contribution in [0.2, 0.25) is 0 Å². The van der Waals surface area contributed by atoms with Gasteiger partial charge in [-0.15, -0.1) is 0 Å². The minimum atomic E-state index is 0.964. The van der Waals surface area contributed by atoms with Gasteiger partial charge in [0.25, 0.3) is 0 Å². The molecule has 0 aromatic carbocycles. The molecule has 0 amide bonds. The maximum absolute atomic E-state index is 2.65. The molecule has 0 nitrogen and oxygen atoms in total. The minimum absolute atomic E-state index is 0.964. The second-order valence-corrected chi connectivity index (χ2v) is 23.6. The van der Waals surface area contributed by atoms with Crippen molar-refractivity contribution in [1.82, 2.24) is 0 Å². The largest absolute Gasteiger partial charge is 0.0848 e. The Kier molecular flexibility index (Phi) is 5.76. The molecule has 0 radical (unpaired) electrons. The lowest BCUT2D eigenvalue weighted by Gasteiger charge is -2.62. The topological polar surface area (TPSA) is 0 Å². The molecule has 0 saturated heterocycles. The first-order valence-electron chi connectivity index (χ1n) is 24.0. The van der Waals surface area contributed by atoms with E-state index >= 15 is 0 Å². The van der Waals surface area contributed by atoms with Gasteiger partial charge in [-0.25, -0.2) is 0 Å². The van der Waals surface area contributed by atoms with Crippen LogP contribution in [0.4, 0.5) is 0 Å². The Bertz CT molecular complexity index is 1440. The summed E-state index contributed by atoms with van der Waals surface area (Å²) in [5.74, 6) is 30.9. The second-order valence-electron chi connectivity index (χ2n) is 23.6. The minimum Gasteiger partial charge on any atom is -0.0848 e. The highest BCUT2D eigenvalue weighted by Crippen LogP contribution is 2.84. The normalized spacial score (nSPS) is 68.9. The van der Waals surface area contributed by atoms with Gasteiger partial charge in [0, 0.05) is 0 Å². The van der Waals surface area contributed by atoms with E-state index < -0.39 is 0 Å². The van der Waals surface area contributed by atoms with E-state index in [1.807, 2.05) is 0 Å². The first kappa shape index (κ1) is 29.3. The molecule has 0 N–H and O–H groups in total. The molecule has 0 spiro atoms. The van der Waals surface area contributed by atoms with Crippen molar-refractivity contribution >= 4 is 0 Å². The van der Waals surface area contributed by atoms with Crippen LogP contribution in [-0.4, -0.2) is 0 Å². The van der Waals surface area contributed by atoms with Crippen molar-refractivity contribution in [3.63, 3.8) is 0 Å². The van der Waals surface area contributed by atoms with Crippen molar-refractivity contribution in [3.8, 4) is 0 Å². The third-order valence-electron chi connectivity index (χ3n) is 23.4. The van der Waals surface area contributed by atoms with E-state index in [0.717, 1.165) is 118 Å². The number of allylic oxidation sites excluding steroid dienone is 8. The van der Waals surface area contributed by atoms with Gasteiger partial charge in [-0.3, -0.25) is 0 Å². The molecule has 0 heterocycles. The number of hydrogen-bond donors (Lipinski definition) is 0. The first-order valence-corrected chi connectivity index (χ1v) is 24.0. The van der Waals surface area contributed by atoms with E-state index in [1.54, 1.807) is 83.5 Å². The Hall–Kier alpha value is -1.04. The Morgan fingerprint density at radius 2 is 0.471 bits per heavy atom. The van der Waals surface area contributed by atoms with E-state index in [9.17, 15) is 0 Å². The highest BCUT2D eigenvalue weighted by molar-refractivity contribution is 5.31. The third-order valence-corrected chi connectivity index (χ3v) is 23.4. The van der Waals surface area contributed by atoms with Gasteiger partial charge in [0.15, 0.2) is 0 Å². The van der Waals surface area contributed by atoms with Gasteiger partial charge in [0.05, 0.1) is 0 Å². The van der Waals surface area contributed by atoms with Crippen LogP contribution in [0.15, 0.2) is 48.6 Å². The van der Waals surface area contributed by atoms with Crippen molar-refractivity contribution in [3.05, 3.63) is 48.6 Å². The molecule has 16 rings (SSSR count). The van der Waals surface area contributed by atoms with E-state index in [1.165, 1.54) is 60.2 Å². The fraction of sp³-hybridized carbons (Fsp3) is 0.843. The van der Waals surface area contributed by atoms with Gasteiger partial charge in [0.2, 0.25) is 0 Å².